The number of pyridine rings is 1. The number of nitrogens with zero attached hydrogens (tertiary/aromatic N) is 1. The molecule has 0 radical (unpaired) electrons. The number of aryl methyl sites for hydroxylation is 1. The zero-order valence-electron chi connectivity index (χ0n) is 9.85. The highest BCUT2D eigenvalue weighted by atomic mass is 19.1. The average molecular weight is 265 g/mol. The number of benzene rings is 1. The lowest BCUT2D eigenvalue weighted by molar-refractivity contribution is 0.0694. The van der Waals surface area contributed by atoms with Crippen molar-refractivity contribution in [2.75, 3.05) is 0 Å². The standard InChI is InChI=1S/C13H9F2NO3/c1-7-2-3-9(13(17)18)11(4-7)19-12-10(15)5-8(14)6-16-12/h2-6H,1H3,(H,17,18). The molecule has 0 atom stereocenters. The SMILES string of the molecule is Cc1ccc(C(=O)O)c(Oc2ncc(F)cc2F)c1. The highest BCUT2D eigenvalue weighted by molar-refractivity contribution is 5.91. The van der Waals surface area contributed by atoms with Crippen molar-refractivity contribution in [3.8, 4) is 11.6 Å². The number of hydrogen-bond donors (Lipinski definition) is 1. The zero-order chi connectivity index (χ0) is 14.0. The van der Waals surface area contributed by atoms with Crippen LogP contribution in [0, 0.1) is 18.6 Å². The lowest BCUT2D eigenvalue weighted by Crippen LogP contribution is -2.02. The first-order valence-corrected chi connectivity index (χ1v) is 5.30. The van der Waals surface area contributed by atoms with Crippen LogP contribution in [0.3, 0.4) is 0 Å². The number of carbonyl (C=O) groups is 1. The smallest absolute Gasteiger partial charge is 0.339 e. The zero-order valence-corrected chi connectivity index (χ0v) is 9.85. The summed E-state index contributed by atoms with van der Waals surface area (Å²) >= 11 is 0. The van der Waals surface area contributed by atoms with Gasteiger partial charge in [0.1, 0.15) is 17.1 Å². The minimum Gasteiger partial charge on any atom is -0.478 e. The van der Waals surface area contributed by atoms with Gasteiger partial charge < -0.3 is 9.84 Å². The second-order valence-electron chi connectivity index (χ2n) is 3.85. The van der Waals surface area contributed by atoms with Crippen molar-refractivity contribution in [1.82, 2.24) is 4.98 Å². The van der Waals surface area contributed by atoms with Crippen LogP contribution in [0.1, 0.15) is 15.9 Å². The van der Waals surface area contributed by atoms with E-state index in [1.165, 1.54) is 12.1 Å². The summed E-state index contributed by atoms with van der Waals surface area (Å²) in [6, 6.07) is 4.98. The highest BCUT2D eigenvalue weighted by Crippen LogP contribution is 2.27. The predicted octanol–water partition coefficient (Wildman–Crippen LogP) is 3.16. The van der Waals surface area contributed by atoms with Crippen molar-refractivity contribution in [2.45, 2.75) is 6.92 Å². The molecule has 0 unspecified atom stereocenters. The summed E-state index contributed by atoms with van der Waals surface area (Å²) in [5.41, 5.74) is 0.610. The van der Waals surface area contributed by atoms with Gasteiger partial charge in [-0.05, 0) is 24.6 Å². The third-order valence-electron chi connectivity index (χ3n) is 2.35. The summed E-state index contributed by atoms with van der Waals surface area (Å²) in [6.07, 6.45) is 0.786. The Morgan fingerprint density at radius 1 is 1.32 bits per heavy atom. The predicted molar refractivity (Wildman–Crippen MR) is 62.4 cm³/mol. The van der Waals surface area contributed by atoms with Crippen LogP contribution in [-0.2, 0) is 0 Å². The second kappa shape index (κ2) is 5.01. The molecule has 2 rings (SSSR count). The molecule has 0 saturated carbocycles. The number of carboxylic acids is 1. The van der Waals surface area contributed by atoms with Crippen molar-refractivity contribution in [2.24, 2.45) is 0 Å². The molecule has 1 aromatic heterocycles. The van der Waals surface area contributed by atoms with Crippen molar-refractivity contribution >= 4 is 5.97 Å². The third-order valence-corrected chi connectivity index (χ3v) is 2.35. The van der Waals surface area contributed by atoms with Gasteiger partial charge in [-0.25, -0.2) is 18.6 Å². The molecule has 0 aliphatic carbocycles. The Bertz CT molecular complexity index is 644. The minimum absolute atomic E-state index is 0.0505. The lowest BCUT2D eigenvalue weighted by Gasteiger charge is -2.09. The van der Waals surface area contributed by atoms with E-state index in [2.05, 4.69) is 4.98 Å². The van der Waals surface area contributed by atoms with Crippen LogP contribution in [0.4, 0.5) is 8.78 Å². The first kappa shape index (κ1) is 12.9. The van der Waals surface area contributed by atoms with E-state index in [9.17, 15) is 13.6 Å². The maximum absolute atomic E-state index is 13.4. The topological polar surface area (TPSA) is 59.4 Å². The maximum atomic E-state index is 13.4. The van der Waals surface area contributed by atoms with Crippen molar-refractivity contribution in [3.63, 3.8) is 0 Å². The van der Waals surface area contributed by atoms with Crippen LogP contribution in [0.25, 0.3) is 0 Å². The molecule has 6 heteroatoms. The van der Waals surface area contributed by atoms with Crippen LogP contribution < -0.4 is 4.74 Å². The summed E-state index contributed by atoms with van der Waals surface area (Å²) < 4.78 is 31.2. The van der Waals surface area contributed by atoms with Gasteiger partial charge in [-0.3, -0.25) is 0 Å². The Hall–Kier alpha value is -2.50. The van der Waals surface area contributed by atoms with E-state index in [1.54, 1.807) is 13.0 Å². The van der Waals surface area contributed by atoms with Crippen LogP contribution >= 0.6 is 0 Å². The van der Waals surface area contributed by atoms with Crippen molar-refractivity contribution in [3.05, 3.63) is 53.2 Å². The van der Waals surface area contributed by atoms with Gasteiger partial charge in [-0.2, -0.15) is 0 Å². The largest absolute Gasteiger partial charge is 0.478 e. The Morgan fingerprint density at radius 3 is 2.68 bits per heavy atom. The van der Waals surface area contributed by atoms with Crippen molar-refractivity contribution in [1.29, 1.82) is 0 Å². The van der Waals surface area contributed by atoms with Gasteiger partial charge in [0.05, 0.1) is 6.20 Å². The van der Waals surface area contributed by atoms with Gasteiger partial charge in [-0.15, -0.1) is 0 Å². The Morgan fingerprint density at radius 2 is 2.05 bits per heavy atom. The normalized spacial score (nSPS) is 10.3. The molecule has 0 bridgehead atoms. The molecule has 2 aromatic rings. The molecule has 98 valence electrons. The number of halogens is 2. The quantitative estimate of drug-likeness (QED) is 0.926. The summed E-state index contributed by atoms with van der Waals surface area (Å²) in [5, 5.41) is 8.99. The number of carboxylic acid groups (broad SMARTS) is 1. The first-order valence-electron chi connectivity index (χ1n) is 5.30. The molecule has 0 aliphatic rings. The van der Waals surface area contributed by atoms with Crippen LogP contribution in [0.2, 0.25) is 0 Å². The molecule has 0 amide bonds. The van der Waals surface area contributed by atoms with Gasteiger partial charge >= 0.3 is 5.97 Å². The molecule has 1 aromatic carbocycles. The number of aromatic nitrogens is 1. The fourth-order valence-corrected chi connectivity index (χ4v) is 1.47. The van der Waals surface area contributed by atoms with Crippen LogP contribution in [0.15, 0.2) is 30.5 Å². The third kappa shape index (κ3) is 2.85. The number of ether oxygens (including phenoxy) is 1. The molecule has 19 heavy (non-hydrogen) atoms. The van der Waals surface area contributed by atoms with E-state index in [0.29, 0.717) is 6.07 Å². The summed E-state index contributed by atoms with van der Waals surface area (Å²) in [5.74, 6) is -3.58. The summed E-state index contributed by atoms with van der Waals surface area (Å²) in [7, 11) is 0. The molecular formula is C13H9F2NO3. The molecule has 0 fully saturated rings. The van der Waals surface area contributed by atoms with Crippen LogP contribution in [-0.4, -0.2) is 16.1 Å². The molecule has 0 aliphatic heterocycles. The fourth-order valence-electron chi connectivity index (χ4n) is 1.47. The number of hydrogen-bond acceptors (Lipinski definition) is 3. The van der Waals surface area contributed by atoms with E-state index in [0.717, 1.165) is 11.8 Å². The molecule has 0 saturated heterocycles. The van der Waals surface area contributed by atoms with Gasteiger partial charge in [-0.1, -0.05) is 6.07 Å². The fraction of sp³-hybridized carbons (Fsp3) is 0.0769. The Kier molecular flexibility index (Phi) is 3.41. The molecular weight excluding hydrogens is 256 g/mol. The maximum Gasteiger partial charge on any atom is 0.339 e. The van der Waals surface area contributed by atoms with E-state index in [1.807, 2.05) is 0 Å². The molecule has 4 nitrogen and oxygen atoms in total. The van der Waals surface area contributed by atoms with Gasteiger partial charge in [0.25, 0.3) is 5.88 Å². The summed E-state index contributed by atoms with van der Waals surface area (Å²) in [4.78, 5) is 14.4. The molecule has 0 spiro atoms. The van der Waals surface area contributed by atoms with Crippen molar-refractivity contribution < 1.29 is 23.4 Å². The van der Waals surface area contributed by atoms with E-state index >= 15 is 0 Å². The Balaban J connectivity index is 2.42. The Labute approximate surface area is 107 Å². The monoisotopic (exact) mass is 265 g/mol. The lowest BCUT2D eigenvalue weighted by atomic mass is 10.1. The van der Waals surface area contributed by atoms with Crippen LogP contribution in [0.5, 0.6) is 11.6 Å². The van der Waals surface area contributed by atoms with Gasteiger partial charge in [0, 0.05) is 6.07 Å². The summed E-state index contributed by atoms with van der Waals surface area (Å²) in [6.45, 7) is 1.73. The number of aromatic carboxylic acids is 1. The van der Waals surface area contributed by atoms with E-state index in [-0.39, 0.29) is 11.3 Å². The van der Waals surface area contributed by atoms with E-state index in [4.69, 9.17) is 9.84 Å². The first-order chi connectivity index (χ1) is 8.97. The van der Waals surface area contributed by atoms with Gasteiger partial charge in [0.15, 0.2) is 5.82 Å². The minimum atomic E-state index is -1.21. The highest BCUT2D eigenvalue weighted by Gasteiger charge is 2.15. The van der Waals surface area contributed by atoms with Gasteiger partial charge in [0.2, 0.25) is 0 Å². The van der Waals surface area contributed by atoms with E-state index < -0.39 is 23.5 Å². The molecule has 1 N–H and O–H groups in total. The number of rotatable bonds is 3. The molecule has 1 heterocycles. The second-order valence-corrected chi connectivity index (χ2v) is 3.85. The average Bonchev–Trinajstić information content (AvgIpc) is 2.32.